The van der Waals surface area contributed by atoms with E-state index in [1.165, 1.54) is 13.0 Å². The number of hydrogen-bond acceptors (Lipinski definition) is 4. The first-order valence-electron chi connectivity index (χ1n) is 9.71. The van der Waals surface area contributed by atoms with Crippen molar-refractivity contribution in [3.05, 3.63) is 22.8 Å². The molecule has 4 heteroatoms. The number of hydrogen-bond donors (Lipinski definition) is 0. The summed E-state index contributed by atoms with van der Waals surface area (Å²) in [6.07, 6.45) is 4.56. The van der Waals surface area contributed by atoms with Gasteiger partial charge in [0.2, 0.25) is 0 Å². The van der Waals surface area contributed by atoms with Crippen molar-refractivity contribution in [3.63, 3.8) is 0 Å². The summed E-state index contributed by atoms with van der Waals surface area (Å²) in [5, 5.41) is 0. The van der Waals surface area contributed by atoms with Crippen LogP contribution in [-0.4, -0.2) is 23.6 Å². The highest BCUT2D eigenvalue weighted by molar-refractivity contribution is 6.24. The van der Waals surface area contributed by atoms with Crippen LogP contribution in [0, 0.1) is 22.7 Å². The third-order valence-electron chi connectivity index (χ3n) is 6.81. The molecule has 4 nitrogen and oxygen atoms in total. The van der Waals surface area contributed by atoms with Gasteiger partial charge in [0.15, 0.2) is 11.6 Å². The SMILES string of the molecule is CC(=O)O[C@@H]1CC2C(C)(C)CCCC2(C)C2=C1C(=O)C(C(C)C)=CC2=O. The number of rotatable bonds is 2. The highest BCUT2D eigenvalue weighted by Crippen LogP contribution is 2.61. The number of ether oxygens (including phenoxy) is 1. The first kappa shape index (κ1) is 19.1. The average molecular weight is 358 g/mol. The van der Waals surface area contributed by atoms with Gasteiger partial charge in [0.1, 0.15) is 6.10 Å². The summed E-state index contributed by atoms with van der Waals surface area (Å²) in [7, 11) is 0. The van der Waals surface area contributed by atoms with E-state index in [1.807, 2.05) is 13.8 Å². The molecule has 0 spiro atoms. The number of fused-ring (bicyclic) bond motifs is 2. The second kappa shape index (κ2) is 6.17. The normalized spacial score (nSPS) is 33.6. The maximum atomic E-state index is 13.2. The molecule has 2 unspecified atom stereocenters. The van der Waals surface area contributed by atoms with Gasteiger partial charge in [0.25, 0.3) is 0 Å². The van der Waals surface area contributed by atoms with Crippen LogP contribution in [0.4, 0.5) is 0 Å². The predicted molar refractivity (Wildman–Crippen MR) is 99.4 cm³/mol. The molecule has 0 bridgehead atoms. The zero-order valence-electron chi connectivity index (χ0n) is 16.8. The van der Waals surface area contributed by atoms with E-state index in [9.17, 15) is 14.4 Å². The van der Waals surface area contributed by atoms with Crippen LogP contribution in [0.3, 0.4) is 0 Å². The number of carbonyl (C=O) groups excluding carboxylic acids is 3. The van der Waals surface area contributed by atoms with E-state index in [4.69, 9.17) is 4.74 Å². The fraction of sp³-hybridized carbons (Fsp3) is 0.682. The Hall–Kier alpha value is -1.71. The van der Waals surface area contributed by atoms with Crippen molar-refractivity contribution in [2.24, 2.45) is 22.7 Å². The van der Waals surface area contributed by atoms with Crippen LogP contribution in [0.5, 0.6) is 0 Å². The van der Waals surface area contributed by atoms with Crippen molar-refractivity contribution in [2.75, 3.05) is 0 Å². The van der Waals surface area contributed by atoms with Gasteiger partial charge in [-0.05, 0) is 42.6 Å². The number of ketones is 2. The molecule has 0 aromatic heterocycles. The van der Waals surface area contributed by atoms with Crippen molar-refractivity contribution < 1.29 is 19.1 Å². The summed E-state index contributed by atoms with van der Waals surface area (Å²) in [6, 6.07) is 0. The lowest BCUT2D eigenvalue weighted by Crippen LogP contribution is -2.52. The molecule has 1 saturated carbocycles. The Balaban J connectivity index is 2.20. The van der Waals surface area contributed by atoms with Crippen molar-refractivity contribution in [1.82, 2.24) is 0 Å². The van der Waals surface area contributed by atoms with E-state index in [2.05, 4.69) is 20.8 Å². The summed E-state index contributed by atoms with van der Waals surface area (Å²) in [5.41, 5.74) is 1.30. The van der Waals surface area contributed by atoms with Crippen molar-refractivity contribution in [2.45, 2.75) is 73.3 Å². The number of esters is 1. The van der Waals surface area contributed by atoms with Crippen molar-refractivity contribution in [3.8, 4) is 0 Å². The molecule has 0 aromatic carbocycles. The van der Waals surface area contributed by atoms with Crippen molar-refractivity contribution in [1.29, 1.82) is 0 Å². The molecule has 142 valence electrons. The molecule has 0 N–H and O–H groups in total. The Morgan fingerprint density at radius 3 is 2.42 bits per heavy atom. The molecule has 3 aliphatic rings. The lowest BCUT2D eigenvalue weighted by atomic mass is 9.48. The van der Waals surface area contributed by atoms with Gasteiger partial charge in [-0.2, -0.15) is 0 Å². The highest BCUT2D eigenvalue weighted by atomic mass is 16.5. The van der Waals surface area contributed by atoms with Gasteiger partial charge in [-0.1, -0.05) is 41.0 Å². The summed E-state index contributed by atoms with van der Waals surface area (Å²) in [5.74, 6) is -0.404. The molecular weight excluding hydrogens is 328 g/mol. The fourth-order valence-corrected chi connectivity index (χ4v) is 5.65. The van der Waals surface area contributed by atoms with Gasteiger partial charge >= 0.3 is 5.97 Å². The Labute approximate surface area is 156 Å². The molecule has 0 heterocycles. The lowest BCUT2D eigenvalue weighted by Gasteiger charge is -2.56. The molecule has 0 amide bonds. The number of carbonyl (C=O) groups is 3. The van der Waals surface area contributed by atoms with Gasteiger partial charge in [0.05, 0.1) is 0 Å². The van der Waals surface area contributed by atoms with Gasteiger partial charge in [-0.15, -0.1) is 0 Å². The highest BCUT2D eigenvalue weighted by Gasteiger charge is 2.57. The molecule has 3 aliphatic carbocycles. The van der Waals surface area contributed by atoms with E-state index >= 15 is 0 Å². The van der Waals surface area contributed by atoms with E-state index in [-0.39, 0.29) is 34.2 Å². The third kappa shape index (κ3) is 2.78. The summed E-state index contributed by atoms with van der Waals surface area (Å²) < 4.78 is 5.60. The van der Waals surface area contributed by atoms with E-state index in [1.54, 1.807) is 0 Å². The minimum absolute atomic E-state index is 0.0354. The summed E-state index contributed by atoms with van der Waals surface area (Å²) in [6.45, 7) is 11.8. The topological polar surface area (TPSA) is 60.4 Å². The van der Waals surface area contributed by atoms with Crippen LogP contribution in [0.1, 0.15) is 67.2 Å². The number of allylic oxidation sites excluding steroid dienone is 3. The molecule has 0 radical (unpaired) electrons. The van der Waals surface area contributed by atoms with Crippen molar-refractivity contribution >= 4 is 17.5 Å². The Bertz CT molecular complexity index is 737. The Morgan fingerprint density at radius 2 is 1.85 bits per heavy atom. The van der Waals surface area contributed by atoms with E-state index in [0.29, 0.717) is 23.1 Å². The van der Waals surface area contributed by atoms with E-state index in [0.717, 1.165) is 19.3 Å². The van der Waals surface area contributed by atoms with Gasteiger partial charge < -0.3 is 4.74 Å². The van der Waals surface area contributed by atoms with Gasteiger partial charge in [0, 0.05) is 29.1 Å². The zero-order valence-corrected chi connectivity index (χ0v) is 16.8. The van der Waals surface area contributed by atoms with Crippen LogP contribution in [-0.2, 0) is 19.1 Å². The quantitative estimate of drug-likeness (QED) is 0.549. The first-order valence-corrected chi connectivity index (χ1v) is 9.71. The molecule has 3 atom stereocenters. The number of Topliss-reactive ketones (excluding diaryl/α,β-unsaturated/α-hetero) is 1. The van der Waals surface area contributed by atoms with Crippen LogP contribution < -0.4 is 0 Å². The summed E-state index contributed by atoms with van der Waals surface area (Å²) >= 11 is 0. The Kier molecular flexibility index (Phi) is 4.53. The average Bonchev–Trinajstić information content (AvgIpc) is 2.50. The lowest BCUT2D eigenvalue weighted by molar-refractivity contribution is -0.149. The maximum absolute atomic E-state index is 13.2. The Morgan fingerprint density at radius 1 is 1.19 bits per heavy atom. The van der Waals surface area contributed by atoms with Gasteiger partial charge in [-0.25, -0.2) is 0 Å². The van der Waals surface area contributed by atoms with Crippen LogP contribution in [0.2, 0.25) is 0 Å². The minimum Gasteiger partial charge on any atom is -0.458 e. The molecule has 0 aliphatic heterocycles. The zero-order chi connectivity index (χ0) is 19.4. The largest absolute Gasteiger partial charge is 0.458 e. The first-order chi connectivity index (χ1) is 12.0. The van der Waals surface area contributed by atoms with Crippen LogP contribution in [0.25, 0.3) is 0 Å². The standard InChI is InChI=1S/C22H30O4/c1-12(2)14-10-15(24)19-18(20(14)25)16(26-13(3)23)11-17-21(4,5)8-7-9-22(17,19)6/h10,12,16-17H,7-9,11H2,1-6H3/t16-,17?,22?/m1/s1. The van der Waals surface area contributed by atoms with Crippen LogP contribution >= 0.6 is 0 Å². The monoisotopic (exact) mass is 358 g/mol. The molecule has 3 rings (SSSR count). The molecule has 26 heavy (non-hydrogen) atoms. The molecular formula is C22H30O4. The minimum atomic E-state index is -0.614. The van der Waals surface area contributed by atoms with Gasteiger partial charge in [-0.3, -0.25) is 14.4 Å². The fourth-order valence-electron chi connectivity index (χ4n) is 5.65. The molecule has 1 fully saturated rings. The predicted octanol–water partition coefficient (Wildman–Crippen LogP) is 4.19. The second-order valence-corrected chi connectivity index (χ2v) is 9.38. The third-order valence-corrected chi connectivity index (χ3v) is 6.81. The maximum Gasteiger partial charge on any atom is 0.303 e. The second-order valence-electron chi connectivity index (χ2n) is 9.38. The summed E-state index contributed by atoms with van der Waals surface area (Å²) in [4.78, 5) is 38.1. The van der Waals surface area contributed by atoms with E-state index < -0.39 is 12.1 Å². The smallest absolute Gasteiger partial charge is 0.303 e. The van der Waals surface area contributed by atoms with Crippen LogP contribution in [0.15, 0.2) is 22.8 Å². The molecule has 0 saturated heterocycles. The molecule has 0 aromatic rings.